The Balaban J connectivity index is 1.45. The summed E-state index contributed by atoms with van der Waals surface area (Å²) < 4.78 is 7.27. The van der Waals surface area contributed by atoms with Crippen LogP contribution in [0.2, 0.25) is 0 Å². The highest BCUT2D eigenvalue weighted by atomic mass is 127. The fourth-order valence-electron chi connectivity index (χ4n) is 3.90. The van der Waals surface area contributed by atoms with Crippen LogP contribution in [0.1, 0.15) is 22.6 Å². The molecule has 3 aromatic carbocycles. The summed E-state index contributed by atoms with van der Waals surface area (Å²) in [5.41, 5.74) is 5.29. The number of amides is 1. The van der Waals surface area contributed by atoms with E-state index in [1.807, 2.05) is 54.6 Å². The van der Waals surface area contributed by atoms with E-state index in [-0.39, 0.29) is 18.9 Å². The van der Waals surface area contributed by atoms with Gasteiger partial charge in [0, 0.05) is 20.4 Å². The average molecular weight is 592 g/mol. The Morgan fingerprint density at radius 1 is 1.03 bits per heavy atom. The van der Waals surface area contributed by atoms with Gasteiger partial charge in [0.25, 0.3) is 0 Å². The van der Waals surface area contributed by atoms with E-state index in [0.29, 0.717) is 0 Å². The minimum absolute atomic E-state index is 0.0775. The first-order valence-corrected chi connectivity index (χ1v) is 11.6. The number of alkyl carbamates (subject to hydrolysis) is 1. The number of fused-ring (bicyclic) bond motifs is 3. The van der Waals surface area contributed by atoms with E-state index in [9.17, 15) is 14.7 Å². The molecule has 31 heavy (non-hydrogen) atoms. The highest BCUT2D eigenvalue weighted by Crippen LogP contribution is 2.44. The second-order valence-electron chi connectivity index (χ2n) is 7.30. The number of hydrogen-bond donors (Lipinski definition) is 2. The molecule has 1 amide bonds. The minimum atomic E-state index is -1.11. The van der Waals surface area contributed by atoms with Crippen molar-refractivity contribution in [1.29, 1.82) is 0 Å². The van der Waals surface area contributed by atoms with Gasteiger partial charge in [0.15, 0.2) is 0 Å². The number of halogens is 2. The lowest BCUT2D eigenvalue weighted by Crippen LogP contribution is -2.43. The topological polar surface area (TPSA) is 75.6 Å². The summed E-state index contributed by atoms with van der Waals surface area (Å²) in [7, 11) is 0. The van der Waals surface area contributed by atoms with E-state index < -0.39 is 18.1 Å². The lowest BCUT2D eigenvalue weighted by Gasteiger charge is -2.18. The number of hydrogen-bond acceptors (Lipinski definition) is 3. The molecule has 158 valence electrons. The van der Waals surface area contributed by atoms with Crippen molar-refractivity contribution in [3.63, 3.8) is 0 Å². The molecular weight excluding hydrogens is 573 g/mol. The smallest absolute Gasteiger partial charge is 0.407 e. The maximum atomic E-state index is 12.5. The Hall–Kier alpha value is -2.39. The molecule has 0 saturated heterocycles. The number of carbonyl (C=O) groups excluding carboxylic acids is 1. The molecule has 3 aromatic rings. The average Bonchev–Trinajstić information content (AvgIpc) is 3.08. The van der Waals surface area contributed by atoms with Gasteiger partial charge in [-0.2, -0.15) is 0 Å². The third kappa shape index (κ3) is 4.77. The Morgan fingerprint density at radius 2 is 1.65 bits per heavy atom. The van der Waals surface area contributed by atoms with Crippen molar-refractivity contribution >= 4 is 50.6 Å². The Bertz CT molecular complexity index is 1100. The molecule has 4 rings (SSSR count). The molecule has 5 nitrogen and oxygen atoms in total. The SMILES string of the molecule is O=C(N[C@@H](Cc1cc(I)ccc1Br)C(=O)O)OCC1c2ccccc2-c2ccccc21. The molecule has 0 unspecified atom stereocenters. The largest absolute Gasteiger partial charge is 0.480 e. The van der Waals surface area contributed by atoms with Crippen LogP contribution >= 0.6 is 38.5 Å². The van der Waals surface area contributed by atoms with Gasteiger partial charge in [-0.25, -0.2) is 9.59 Å². The standard InChI is InChI=1S/C24H19BrINO4/c25-21-10-9-15(26)11-14(21)12-22(23(28)29)27-24(30)31-13-20-18-7-3-1-5-16(18)17-6-2-4-8-19(17)20/h1-11,20,22H,12-13H2,(H,27,30)(H,28,29)/t22-/m0/s1. The molecule has 1 aliphatic rings. The van der Waals surface area contributed by atoms with Crippen LogP contribution in [0.5, 0.6) is 0 Å². The first-order chi connectivity index (χ1) is 14.9. The van der Waals surface area contributed by atoms with Crippen molar-refractivity contribution in [3.05, 3.63) is 91.5 Å². The van der Waals surface area contributed by atoms with Crippen LogP contribution in [0.15, 0.2) is 71.2 Å². The van der Waals surface area contributed by atoms with Crippen LogP contribution < -0.4 is 5.32 Å². The molecule has 0 heterocycles. The molecule has 0 fully saturated rings. The van der Waals surface area contributed by atoms with E-state index in [2.05, 4.69) is 56.0 Å². The molecular formula is C24H19BrINO4. The molecule has 0 aromatic heterocycles. The van der Waals surface area contributed by atoms with Crippen LogP contribution in [0.25, 0.3) is 11.1 Å². The van der Waals surface area contributed by atoms with E-state index in [0.717, 1.165) is 35.9 Å². The fraction of sp³-hybridized carbons (Fsp3) is 0.167. The number of nitrogens with one attached hydrogen (secondary N) is 1. The van der Waals surface area contributed by atoms with Crippen molar-refractivity contribution in [1.82, 2.24) is 5.32 Å². The van der Waals surface area contributed by atoms with Gasteiger partial charge < -0.3 is 15.2 Å². The summed E-state index contributed by atoms with van der Waals surface area (Å²) in [6.07, 6.45) is -0.590. The number of rotatable bonds is 6. The lowest BCUT2D eigenvalue weighted by molar-refractivity contribution is -0.139. The van der Waals surface area contributed by atoms with E-state index >= 15 is 0 Å². The Labute approximate surface area is 202 Å². The van der Waals surface area contributed by atoms with Crippen LogP contribution in [0.3, 0.4) is 0 Å². The zero-order valence-corrected chi connectivity index (χ0v) is 20.1. The molecule has 1 aliphatic carbocycles. The summed E-state index contributed by atoms with van der Waals surface area (Å²) in [6.45, 7) is 0.138. The Morgan fingerprint density at radius 3 is 2.26 bits per heavy atom. The summed E-state index contributed by atoms with van der Waals surface area (Å²) in [6, 6.07) is 20.7. The van der Waals surface area contributed by atoms with Gasteiger partial charge in [-0.05, 0) is 68.6 Å². The molecule has 2 N–H and O–H groups in total. The predicted octanol–water partition coefficient (Wildman–Crippen LogP) is 5.59. The molecule has 0 aliphatic heterocycles. The third-order valence-corrected chi connectivity index (χ3v) is 6.81. The van der Waals surface area contributed by atoms with Crippen molar-refractivity contribution in [2.45, 2.75) is 18.4 Å². The zero-order valence-electron chi connectivity index (χ0n) is 16.3. The maximum Gasteiger partial charge on any atom is 0.407 e. The van der Waals surface area contributed by atoms with Crippen LogP contribution in [0.4, 0.5) is 4.79 Å². The van der Waals surface area contributed by atoms with Crippen LogP contribution in [-0.4, -0.2) is 29.8 Å². The van der Waals surface area contributed by atoms with E-state index in [4.69, 9.17) is 4.74 Å². The lowest BCUT2D eigenvalue weighted by atomic mass is 9.98. The first kappa shape index (κ1) is 21.8. The van der Waals surface area contributed by atoms with Crippen molar-refractivity contribution in [3.8, 4) is 11.1 Å². The third-order valence-electron chi connectivity index (χ3n) is 5.37. The Kier molecular flexibility index (Phi) is 6.62. The number of carboxylic acids is 1. The van der Waals surface area contributed by atoms with Crippen LogP contribution in [0, 0.1) is 3.57 Å². The first-order valence-electron chi connectivity index (χ1n) is 9.72. The summed E-state index contributed by atoms with van der Waals surface area (Å²) in [4.78, 5) is 24.2. The van der Waals surface area contributed by atoms with Gasteiger partial charge in [0.1, 0.15) is 12.6 Å². The van der Waals surface area contributed by atoms with Gasteiger partial charge in [0.05, 0.1) is 0 Å². The van der Waals surface area contributed by atoms with E-state index in [1.165, 1.54) is 0 Å². The highest BCUT2D eigenvalue weighted by Gasteiger charge is 2.30. The van der Waals surface area contributed by atoms with E-state index in [1.54, 1.807) is 0 Å². The maximum absolute atomic E-state index is 12.5. The fourth-order valence-corrected chi connectivity index (χ4v) is 4.87. The monoisotopic (exact) mass is 591 g/mol. The van der Waals surface area contributed by atoms with Crippen molar-refractivity contribution in [2.75, 3.05) is 6.61 Å². The number of carboxylic acid groups (broad SMARTS) is 1. The van der Waals surface area contributed by atoms with Gasteiger partial charge >= 0.3 is 12.1 Å². The quantitative estimate of drug-likeness (QED) is 0.367. The second-order valence-corrected chi connectivity index (χ2v) is 9.40. The van der Waals surface area contributed by atoms with Crippen LogP contribution in [-0.2, 0) is 16.0 Å². The van der Waals surface area contributed by atoms with Gasteiger partial charge in [-0.3, -0.25) is 0 Å². The zero-order chi connectivity index (χ0) is 22.0. The summed E-state index contributed by atoms with van der Waals surface area (Å²) >= 11 is 5.61. The number of carbonyl (C=O) groups is 2. The molecule has 0 saturated carbocycles. The molecule has 0 radical (unpaired) electrons. The number of benzene rings is 3. The van der Waals surface area contributed by atoms with Crippen molar-refractivity contribution < 1.29 is 19.4 Å². The number of ether oxygens (including phenoxy) is 1. The summed E-state index contributed by atoms with van der Waals surface area (Å²) in [5, 5.41) is 12.1. The molecule has 0 bridgehead atoms. The van der Waals surface area contributed by atoms with Gasteiger partial charge in [0.2, 0.25) is 0 Å². The number of aliphatic carboxylic acids is 1. The van der Waals surface area contributed by atoms with Gasteiger partial charge in [-0.15, -0.1) is 0 Å². The minimum Gasteiger partial charge on any atom is -0.480 e. The molecule has 0 spiro atoms. The molecule has 7 heteroatoms. The molecule has 1 atom stereocenters. The van der Waals surface area contributed by atoms with Gasteiger partial charge in [-0.1, -0.05) is 64.5 Å². The highest BCUT2D eigenvalue weighted by molar-refractivity contribution is 14.1. The normalized spacial score (nSPS) is 13.2. The van der Waals surface area contributed by atoms with Crippen molar-refractivity contribution in [2.24, 2.45) is 0 Å². The predicted molar refractivity (Wildman–Crippen MR) is 130 cm³/mol. The second kappa shape index (κ2) is 9.40. The summed E-state index contributed by atoms with van der Waals surface area (Å²) in [5.74, 6) is -1.19.